The quantitative estimate of drug-likeness (QED) is 0.0943. The van der Waals surface area contributed by atoms with Gasteiger partial charge in [0, 0.05) is 0 Å². The first-order valence-electron chi connectivity index (χ1n) is 13.1. The van der Waals surface area contributed by atoms with Crippen LogP contribution in [0.25, 0.3) is 0 Å². The molecular weight excluding hydrogens is 389 g/mol. The van der Waals surface area contributed by atoms with Crippen molar-refractivity contribution in [3.8, 4) is 5.40 Å². The molecule has 29 heavy (non-hydrogen) atoms. The zero-order chi connectivity index (χ0) is 21.7. The summed E-state index contributed by atoms with van der Waals surface area (Å²) in [7, 11) is 0. The molecule has 0 aromatic carbocycles. The molecule has 174 valence electrons. The minimum absolute atomic E-state index is 1.33. The molecule has 0 atom stereocenters. The molecular formula is C26H54NPS. The maximum atomic E-state index is 9.73. The molecule has 0 saturated heterocycles. The van der Waals surface area contributed by atoms with E-state index in [1.165, 1.54) is 134 Å². The second kappa shape index (κ2) is 19.0. The third-order valence-electron chi connectivity index (χ3n) is 6.75. The molecule has 0 aromatic rings. The molecule has 0 saturated carbocycles. The van der Waals surface area contributed by atoms with E-state index < -0.39 is 5.81 Å². The second-order valence-electron chi connectivity index (χ2n) is 9.85. The molecule has 0 unspecified atom stereocenters. The number of nitrogens with zero attached hydrogens (tertiary/aromatic N) is 1. The van der Waals surface area contributed by atoms with Crippen LogP contribution in [-0.2, 0) is 0 Å². The Labute approximate surface area is 189 Å². The van der Waals surface area contributed by atoms with Gasteiger partial charge in [0.1, 0.15) is 0 Å². The van der Waals surface area contributed by atoms with Crippen LogP contribution in [0.5, 0.6) is 0 Å². The summed E-state index contributed by atoms with van der Waals surface area (Å²) in [5.41, 5.74) is 0. The van der Waals surface area contributed by atoms with Crippen molar-refractivity contribution in [3.05, 3.63) is 0 Å². The number of hydrogen-bond donors (Lipinski definition) is 0. The fraction of sp³-hybridized carbons (Fsp3) is 0.962. The van der Waals surface area contributed by atoms with Gasteiger partial charge in [-0.15, -0.1) is 0 Å². The standard InChI is InChI=1S/C26H54NPS/c1-5-8-11-14-17-20-23-28(4,29-26-27,24-21-18-15-12-9-6-2)25-22-19-16-13-10-7-3/h5-25H2,1-4H3. The summed E-state index contributed by atoms with van der Waals surface area (Å²) in [6, 6.07) is 0. The van der Waals surface area contributed by atoms with E-state index in [2.05, 4.69) is 32.8 Å². The summed E-state index contributed by atoms with van der Waals surface area (Å²) in [4.78, 5) is 0. The van der Waals surface area contributed by atoms with Crippen molar-refractivity contribution in [2.24, 2.45) is 0 Å². The Kier molecular flexibility index (Phi) is 19.2. The van der Waals surface area contributed by atoms with E-state index in [-0.39, 0.29) is 0 Å². The SMILES string of the molecule is CCCCCCCCP(C)(CCCCCCCC)(CCCCCCCC)SC#N. The van der Waals surface area contributed by atoms with E-state index in [0.29, 0.717) is 0 Å². The van der Waals surface area contributed by atoms with Crippen LogP contribution >= 0.6 is 17.2 Å². The van der Waals surface area contributed by atoms with E-state index in [1.807, 2.05) is 0 Å². The molecule has 3 heteroatoms. The van der Waals surface area contributed by atoms with Gasteiger partial charge >= 0.3 is 189 Å². The Bertz CT molecular complexity index is 360. The Hall–Kier alpha value is 0.270. The Balaban J connectivity index is 4.70. The molecule has 0 aromatic heterocycles. The van der Waals surface area contributed by atoms with E-state index in [1.54, 1.807) is 11.4 Å². The number of nitriles is 1. The summed E-state index contributed by atoms with van der Waals surface area (Å²) in [5.74, 6) is -1.94. The predicted molar refractivity (Wildman–Crippen MR) is 141 cm³/mol. The van der Waals surface area contributed by atoms with Gasteiger partial charge in [-0.25, -0.2) is 0 Å². The van der Waals surface area contributed by atoms with Crippen molar-refractivity contribution in [1.29, 1.82) is 5.26 Å². The van der Waals surface area contributed by atoms with Gasteiger partial charge in [0.25, 0.3) is 0 Å². The molecule has 0 amide bonds. The number of hydrogen-bond acceptors (Lipinski definition) is 2. The normalized spacial score (nSPS) is 13.1. The Morgan fingerprint density at radius 1 is 0.517 bits per heavy atom. The molecule has 0 rings (SSSR count). The summed E-state index contributed by atoms with van der Waals surface area (Å²) in [6.07, 6.45) is 28.8. The molecule has 1 nitrogen and oxygen atoms in total. The van der Waals surface area contributed by atoms with Crippen LogP contribution in [0, 0.1) is 10.7 Å². The van der Waals surface area contributed by atoms with Crippen LogP contribution in [0.15, 0.2) is 0 Å². The summed E-state index contributed by atoms with van der Waals surface area (Å²) >= 11 is 1.77. The van der Waals surface area contributed by atoms with Crippen LogP contribution < -0.4 is 0 Å². The van der Waals surface area contributed by atoms with E-state index in [4.69, 9.17) is 0 Å². The van der Waals surface area contributed by atoms with Crippen molar-refractivity contribution in [2.75, 3.05) is 25.2 Å². The Morgan fingerprint density at radius 2 is 0.793 bits per heavy atom. The molecule has 0 aliphatic rings. The minimum atomic E-state index is -1.94. The zero-order valence-electron chi connectivity index (χ0n) is 20.7. The zero-order valence-corrected chi connectivity index (χ0v) is 22.4. The molecule has 0 spiro atoms. The fourth-order valence-electron chi connectivity index (χ4n) is 4.61. The van der Waals surface area contributed by atoms with Crippen LogP contribution in [0.2, 0.25) is 0 Å². The molecule has 0 bridgehead atoms. The van der Waals surface area contributed by atoms with Crippen molar-refractivity contribution in [1.82, 2.24) is 0 Å². The molecule has 0 aliphatic heterocycles. The molecule has 0 N–H and O–H groups in total. The van der Waals surface area contributed by atoms with Gasteiger partial charge in [0.2, 0.25) is 0 Å². The summed E-state index contributed by atoms with van der Waals surface area (Å²) < 4.78 is 0. The first-order chi connectivity index (χ1) is 14.0. The monoisotopic (exact) mass is 443 g/mol. The van der Waals surface area contributed by atoms with E-state index >= 15 is 0 Å². The summed E-state index contributed by atoms with van der Waals surface area (Å²) in [6.45, 7) is 9.49. The molecule has 0 heterocycles. The van der Waals surface area contributed by atoms with Crippen LogP contribution in [0.3, 0.4) is 0 Å². The van der Waals surface area contributed by atoms with Gasteiger partial charge < -0.3 is 0 Å². The van der Waals surface area contributed by atoms with Gasteiger partial charge in [-0.05, 0) is 0 Å². The van der Waals surface area contributed by atoms with Crippen LogP contribution in [0.1, 0.15) is 136 Å². The third kappa shape index (κ3) is 15.7. The average Bonchev–Trinajstić information content (AvgIpc) is 2.71. The average molecular weight is 444 g/mol. The number of thiocyanates is 1. The van der Waals surface area contributed by atoms with Crippen molar-refractivity contribution in [2.45, 2.75) is 136 Å². The van der Waals surface area contributed by atoms with Gasteiger partial charge in [0.15, 0.2) is 0 Å². The van der Waals surface area contributed by atoms with E-state index in [9.17, 15) is 5.26 Å². The Morgan fingerprint density at radius 3 is 1.07 bits per heavy atom. The van der Waals surface area contributed by atoms with Crippen molar-refractivity contribution < 1.29 is 0 Å². The predicted octanol–water partition coefficient (Wildman–Crippen LogP) is 10.4. The number of rotatable bonds is 22. The fourth-order valence-corrected chi connectivity index (χ4v) is 11.9. The number of unbranched alkanes of at least 4 members (excludes halogenated alkanes) is 15. The first kappa shape index (κ1) is 29.3. The van der Waals surface area contributed by atoms with Gasteiger partial charge in [-0.3, -0.25) is 0 Å². The van der Waals surface area contributed by atoms with Gasteiger partial charge in [-0.2, -0.15) is 0 Å². The molecule has 0 radical (unpaired) electrons. The first-order valence-corrected chi connectivity index (χ1v) is 17.8. The van der Waals surface area contributed by atoms with Gasteiger partial charge in [-0.1, -0.05) is 0 Å². The maximum absolute atomic E-state index is 9.73. The topological polar surface area (TPSA) is 23.8 Å². The second-order valence-corrected chi connectivity index (χ2v) is 19.9. The summed E-state index contributed by atoms with van der Waals surface area (Å²) in [5, 5.41) is 12.3. The third-order valence-corrected chi connectivity index (χ3v) is 15.7. The molecule has 0 aliphatic carbocycles. The molecule has 0 fully saturated rings. The van der Waals surface area contributed by atoms with Crippen LogP contribution in [-0.4, -0.2) is 25.2 Å². The van der Waals surface area contributed by atoms with Crippen LogP contribution in [0.4, 0.5) is 0 Å². The van der Waals surface area contributed by atoms with Crippen molar-refractivity contribution >= 4 is 17.2 Å². The van der Waals surface area contributed by atoms with Crippen molar-refractivity contribution in [3.63, 3.8) is 0 Å². The van der Waals surface area contributed by atoms with E-state index in [0.717, 1.165) is 0 Å². The van der Waals surface area contributed by atoms with Gasteiger partial charge in [0.05, 0.1) is 0 Å².